The highest BCUT2D eigenvalue weighted by Gasteiger charge is 2.44. The van der Waals surface area contributed by atoms with Crippen LogP contribution in [0.15, 0.2) is 24.3 Å². The molecule has 1 aliphatic heterocycles. The van der Waals surface area contributed by atoms with Crippen molar-refractivity contribution in [2.24, 2.45) is 5.73 Å². The number of carbonyl (C=O) groups excluding carboxylic acids is 1. The van der Waals surface area contributed by atoms with E-state index in [1.807, 2.05) is 6.92 Å². The third-order valence-corrected chi connectivity index (χ3v) is 5.34. The van der Waals surface area contributed by atoms with Gasteiger partial charge in [0.25, 0.3) is 0 Å². The van der Waals surface area contributed by atoms with E-state index in [2.05, 4.69) is 4.98 Å². The highest BCUT2D eigenvalue weighted by Crippen LogP contribution is 2.46. The monoisotopic (exact) mass is 378 g/mol. The van der Waals surface area contributed by atoms with Gasteiger partial charge in [0.2, 0.25) is 5.91 Å². The standard InChI is InChI=1S/C19H20ClFN2O3/c1-4-19(3,25)14-8-11-16(26-9-18(11,2)17(22)24)15(23-14)10-5-6-13(21)12(20)7-10/h5-8,25H,4,9H2,1-3H3,(H2,22,24)/t18-,19-/m0/s1. The number of pyridine rings is 1. The van der Waals surface area contributed by atoms with E-state index in [4.69, 9.17) is 22.1 Å². The number of halogens is 2. The third-order valence-electron chi connectivity index (χ3n) is 5.05. The number of nitrogens with zero attached hydrogens (tertiary/aromatic N) is 1. The molecule has 1 aromatic carbocycles. The Morgan fingerprint density at radius 1 is 1.50 bits per heavy atom. The van der Waals surface area contributed by atoms with Crippen molar-refractivity contribution in [2.75, 3.05) is 6.61 Å². The van der Waals surface area contributed by atoms with Crippen molar-refractivity contribution in [2.45, 2.75) is 38.2 Å². The molecule has 1 aliphatic rings. The Hall–Kier alpha value is -2.18. The van der Waals surface area contributed by atoms with E-state index in [-0.39, 0.29) is 11.6 Å². The predicted molar refractivity (Wildman–Crippen MR) is 96.5 cm³/mol. The molecule has 2 atom stereocenters. The van der Waals surface area contributed by atoms with E-state index in [0.717, 1.165) is 0 Å². The maximum Gasteiger partial charge on any atom is 0.231 e. The van der Waals surface area contributed by atoms with Gasteiger partial charge in [0.1, 0.15) is 34.9 Å². The molecule has 7 heteroatoms. The molecule has 0 saturated heterocycles. The van der Waals surface area contributed by atoms with Gasteiger partial charge in [0.05, 0.1) is 10.7 Å². The molecule has 3 rings (SSSR count). The van der Waals surface area contributed by atoms with Crippen LogP contribution in [0, 0.1) is 5.82 Å². The molecule has 5 nitrogen and oxygen atoms in total. The average molecular weight is 379 g/mol. The van der Waals surface area contributed by atoms with Crippen LogP contribution in [0.25, 0.3) is 11.3 Å². The summed E-state index contributed by atoms with van der Waals surface area (Å²) in [5.41, 5.74) is 5.19. The summed E-state index contributed by atoms with van der Waals surface area (Å²) in [7, 11) is 0. The zero-order chi connectivity index (χ0) is 19.3. The first-order valence-corrected chi connectivity index (χ1v) is 8.64. The lowest BCUT2D eigenvalue weighted by molar-refractivity contribution is -0.123. The molecular formula is C19H20ClFN2O3. The van der Waals surface area contributed by atoms with Gasteiger partial charge in [-0.3, -0.25) is 4.79 Å². The van der Waals surface area contributed by atoms with Crippen LogP contribution in [-0.4, -0.2) is 22.6 Å². The Balaban J connectivity index is 2.31. The topological polar surface area (TPSA) is 85.4 Å². The number of rotatable bonds is 4. The molecule has 0 aliphatic carbocycles. The molecular weight excluding hydrogens is 359 g/mol. The second-order valence-corrected chi connectivity index (χ2v) is 7.38. The number of carbonyl (C=O) groups is 1. The first-order valence-electron chi connectivity index (χ1n) is 8.26. The van der Waals surface area contributed by atoms with Crippen molar-refractivity contribution < 1.29 is 19.0 Å². The quantitative estimate of drug-likeness (QED) is 0.854. The second-order valence-electron chi connectivity index (χ2n) is 6.97. The highest BCUT2D eigenvalue weighted by molar-refractivity contribution is 6.31. The second kappa shape index (κ2) is 6.21. The number of ether oxygens (including phenoxy) is 1. The summed E-state index contributed by atoms with van der Waals surface area (Å²) in [5, 5.41) is 10.6. The Kier molecular flexibility index (Phi) is 4.45. The van der Waals surface area contributed by atoms with Gasteiger partial charge in [-0.25, -0.2) is 9.37 Å². The fourth-order valence-corrected chi connectivity index (χ4v) is 3.06. The third kappa shape index (κ3) is 2.83. The highest BCUT2D eigenvalue weighted by atomic mass is 35.5. The lowest BCUT2D eigenvalue weighted by Gasteiger charge is -2.24. The summed E-state index contributed by atoms with van der Waals surface area (Å²) < 4.78 is 19.3. The Morgan fingerprint density at radius 3 is 2.77 bits per heavy atom. The fraction of sp³-hybridized carbons (Fsp3) is 0.368. The number of primary amides is 1. The van der Waals surface area contributed by atoms with E-state index in [0.29, 0.717) is 34.7 Å². The lowest BCUT2D eigenvalue weighted by Crippen LogP contribution is -2.40. The van der Waals surface area contributed by atoms with Crippen molar-refractivity contribution >= 4 is 17.5 Å². The molecule has 2 heterocycles. The van der Waals surface area contributed by atoms with Gasteiger partial charge < -0.3 is 15.6 Å². The number of aromatic nitrogens is 1. The molecule has 0 spiro atoms. The number of aliphatic hydroxyl groups is 1. The molecule has 26 heavy (non-hydrogen) atoms. The van der Waals surface area contributed by atoms with Gasteiger partial charge >= 0.3 is 0 Å². The molecule has 0 bridgehead atoms. The minimum Gasteiger partial charge on any atom is -0.489 e. The fourth-order valence-electron chi connectivity index (χ4n) is 2.88. The zero-order valence-electron chi connectivity index (χ0n) is 14.8. The van der Waals surface area contributed by atoms with Crippen LogP contribution in [0.3, 0.4) is 0 Å². The normalized spacial score (nSPS) is 21.0. The molecule has 0 fully saturated rings. The van der Waals surface area contributed by atoms with Gasteiger partial charge in [0.15, 0.2) is 0 Å². The number of amides is 1. The van der Waals surface area contributed by atoms with E-state index in [1.54, 1.807) is 19.9 Å². The van der Waals surface area contributed by atoms with E-state index < -0.39 is 22.7 Å². The number of hydrogen-bond donors (Lipinski definition) is 2. The van der Waals surface area contributed by atoms with Crippen LogP contribution in [0.4, 0.5) is 4.39 Å². The number of hydrogen-bond acceptors (Lipinski definition) is 4. The van der Waals surface area contributed by atoms with Gasteiger partial charge in [-0.1, -0.05) is 18.5 Å². The Bertz CT molecular complexity index is 901. The summed E-state index contributed by atoms with van der Waals surface area (Å²) in [4.78, 5) is 16.6. The summed E-state index contributed by atoms with van der Waals surface area (Å²) in [6, 6.07) is 5.86. The van der Waals surface area contributed by atoms with Crippen molar-refractivity contribution in [3.63, 3.8) is 0 Å². The summed E-state index contributed by atoms with van der Waals surface area (Å²) >= 11 is 5.91. The molecule has 0 radical (unpaired) electrons. The maximum atomic E-state index is 13.6. The first-order chi connectivity index (χ1) is 12.1. The van der Waals surface area contributed by atoms with Crippen molar-refractivity contribution in [1.82, 2.24) is 4.98 Å². The predicted octanol–water partition coefficient (Wildman–Crippen LogP) is 3.29. The van der Waals surface area contributed by atoms with Gasteiger partial charge in [0, 0.05) is 11.1 Å². The SMILES string of the molecule is CC[C@](C)(O)c1cc2c(c(-c3ccc(F)c(Cl)c3)n1)OC[C@]2(C)C(N)=O. The van der Waals surface area contributed by atoms with Crippen molar-refractivity contribution in [3.8, 4) is 17.0 Å². The molecule has 0 saturated carbocycles. The van der Waals surface area contributed by atoms with Crippen LogP contribution < -0.4 is 10.5 Å². The molecule has 1 amide bonds. The number of benzene rings is 1. The Morgan fingerprint density at radius 2 is 2.19 bits per heavy atom. The minimum absolute atomic E-state index is 0.0543. The van der Waals surface area contributed by atoms with Crippen LogP contribution in [-0.2, 0) is 15.8 Å². The zero-order valence-corrected chi connectivity index (χ0v) is 15.5. The van der Waals surface area contributed by atoms with Crippen LogP contribution in [0.5, 0.6) is 5.75 Å². The Labute approximate surface area is 155 Å². The first kappa shape index (κ1) is 18.6. The summed E-state index contributed by atoms with van der Waals surface area (Å²) in [6.07, 6.45) is 0.413. The number of nitrogens with two attached hydrogens (primary N) is 1. The summed E-state index contributed by atoms with van der Waals surface area (Å²) in [5.74, 6) is -0.691. The number of fused-ring (bicyclic) bond motifs is 1. The minimum atomic E-state index is -1.21. The van der Waals surface area contributed by atoms with E-state index in [1.165, 1.54) is 18.2 Å². The molecule has 2 aromatic rings. The average Bonchev–Trinajstić information content (AvgIpc) is 2.95. The van der Waals surface area contributed by atoms with Gasteiger partial charge in [-0.2, -0.15) is 0 Å². The van der Waals surface area contributed by atoms with Gasteiger partial charge in [-0.15, -0.1) is 0 Å². The van der Waals surface area contributed by atoms with Crippen LogP contribution in [0.2, 0.25) is 5.02 Å². The molecule has 138 valence electrons. The summed E-state index contributed by atoms with van der Waals surface area (Å²) in [6.45, 7) is 5.22. The van der Waals surface area contributed by atoms with E-state index >= 15 is 0 Å². The van der Waals surface area contributed by atoms with Crippen LogP contribution >= 0.6 is 11.6 Å². The molecule has 0 unspecified atom stereocenters. The van der Waals surface area contributed by atoms with Crippen molar-refractivity contribution in [3.05, 3.63) is 46.4 Å². The van der Waals surface area contributed by atoms with E-state index in [9.17, 15) is 14.3 Å². The van der Waals surface area contributed by atoms with Crippen LogP contribution in [0.1, 0.15) is 38.4 Å². The lowest BCUT2D eigenvalue weighted by atomic mass is 9.82. The largest absolute Gasteiger partial charge is 0.489 e. The van der Waals surface area contributed by atoms with Gasteiger partial charge in [-0.05, 0) is 44.5 Å². The smallest absolute Gasteiger partial charge is 0.231 e. The molecule has 3 N–H and O–H groups in total. The molecule has 1 aromatic heterocycles. The maximum absolute atomic E-state index is 13.6. The van der Waals surface area contributed by atoms with Crippen molar-refractivity contribution in [1.29, 1.82) is 0 Å².